The van der Waals surface area contributed by atoms with Crippen molar-refractivity contribution in [2.24, 2.45) is 0 Å². The van der Waals surface area contributed by atoms with E-state index in [1.807, 2.05) is 0 Å². The molecule has 1 heterocycles. The van der Waals surface area contributed by atoms with Crippen LogP contribution in [-0.4, -0.2) is 18.5 Å². The lowest BCUT2D eigenvalue weighted by molar-refractivity contribution is -0.157. The van der Waals surface area contributed by atoms with Gasteiger partial charge in [-0.1, -0.05) is 25.0 Å². The molecular formula is C16H28O2. The van der Waals surface area contributed by atoms with Crippen molar-refractivity contribution in [1.29, 1.82) is 0 Å². The van der Waals surface area contributed by atoms with E-state index in [1.165, 1.54) is 56.9 Å². The third kappa shape index (κ3) is 4.40. The average Bonchev–Trinajstić information content (AvgIpc) is 2.93. The first kappa shape index (κ1) is 14.1. The molecule has 0 radical (unpaired) electrons. The standard InChI is InChI=1S/C16H28O2/c1-3-14(2)8-5-4-6-10-16(11-12-16)18-15-9-7-13-17-15/h8,15H,3-7,9-13H2,1-2H3/b14-8-. The molecule has 1 atom stereocenters. The average molecular weight is 252 g/mol. The molecule has 2 fully saturated rings. The maximum Gasteiger partial charge on any atom is 0.158 e. The van der Waals surface area contributed by atoms with Crippen LogP contribution in [0.15, 0.2) is 11.6 Å². The Kier molecular flexibility index (Phi) is 5.25. The van der Waals surface area contributed by atoms with Gasteiger partial charge < -0.3 is 9.47 Å². The quantitative estimate of drug-likeness (QED) is 0.464. The van der Waals surface area contributed by atoms with Crippen LogP contribution in [0.3, 0.4) is 0 Å². The van der Waals surface area contributed by atoms with Crippen molar-refractivity contribution in [3.05, 3.63) is 11.6 Å². The molecule has 1 unspecified atom stereocenters. The van der Waals surface area contributed by atoms with E-state index in [1.54, 1.807) is 0 Å². The van der Waals surface area contributed by atoms with E-state index in [0.29, 0.717) is 0 Å². The predicted octanol–water partition coefficient (Wildman–Crippen LogP) is 4.59. The van der Waals surface area contributed by atoms with Crippen LogP contribution < -0.4 is 0 Å². The molecule has 2 rings (SSSR count). The molecule has 2 heteroatoms. The van der Waals surface area contributed by atoms with Gasteiger partial charge in [0.2, 0.25) is 0 Å². The van der Waals surface area contributed by atoms with Gasteiger partial charge in [0.15, 0.2) is 6.29 Å². The van der Waals surface area contributed by atoms with E-state index in [9.17, 15) is 0 Å². The molecule has 2 aliphatic rings. The molecule has 0 aromatic heterocycles. The summed E-state index contributed by atoms with van der Waals surface area (Å²) in [6.45, 7) is 5.34. The summed E-state index contributed by atoms with van der Waals surface area (Å²) in [6.07, 6.45) is 13.5. The van der Waals surface area contributed by atoms with Gasteiger partial charge in [0.05, 0.1) is 5.60 Å². The molecule has 2 nitrogen and oxygen atoms in total. The highest BCUT2D eigenvalue weighted by Crippen LogP contribution is 2.45. The van der Waals surface area contributed by atoms with E-state index in [0.717, 1.165) is 13.0 Å². The minimum atomic E-state index is 0.106. The molecule has 1 saturated carbocycles. The van der Waals surface area contributed by atoms with Crippen LogP contribution in [-0.2, 0) is 9.47 Å². The van der Waals surface area contributed by atoms with Gasteiger partial charge in [-0.05, 0) is 51.9 Å². The Morgan fingerprint density at radius 2 is 2.22 bits per heavy atom. The summed E-state index contributed by atoms with van der Waals surface area (Å²) in [4.78, 5) is 0. The van der Waals surface area contributed by atoms with Crippen LogP contribution >= 0.6 is 0 Å². The molecule has 1 aliphatic carbocycles. The highest BCUT2D eigenvalue weighted by molar-refractivity contribution is 4.98. The first-order valence-electron chi connectivity index (χ1n) is 7.69. The SMILES string of the molecule is CC/C(C)=C\CCCCC1(OC2CCCO2)CC1. The molecule has 18 heavy (non-hydrogen) atoms. The van der Waals surface area contributed by atoms with E-state index < -0.39 is 0 Å². The number of unbranched alkanes of at least 4 members (excludes halogenated alkanes) is 2. The Morgan fingerprint density at radius 3 is 2.83 bits per heavy atom. The van der Waals surface area contributed by atoms with Gasteiger partial charge in [-0.25, -0.2) is 0 Å². The molecule has 0 bridgehead atoms. The Labute approximate surface area is 112 Å². The third-order valence-corrected chi connectivity index (χ3v) is 4.21. The zero-order valence-electron chi connectivity index (χ0n) is 12.0. The van der Waals surface area contributed by atoms with Gasteiger partial charge in [-0.3, -0.25) is 0 Å². The van der Waals surface area contributed by atoms with Crippen LogP contribution in [0.2, 0.25) is 0 Å². The van der Waals surface area contributed by atoms with Gasteiger partial charge in [0.1, 0.15) is 0 Å². The summed E-state index contributed by atoms with van der Waals surface area (Å²) in [6, 6.07) is 0. The molecule has 1 aliphatic heterocycles. The Morgan fingerprint density at radius 1 is 1.39 bits per heavy atom. The Balaban J connectivity index is 1.58. The smallest absolute Gasteiger partial charge is 0.158 e. The van der Waals surface area contributed by atoms with Crippen LogP contribution in [0.1, 0.15) is 71.6 Å². The molecule has 104 valence electrons. The van der Waals surface area contributed by atoms with Crippen LogP contribution in [0.5, 0.6) is 0 Å². The maximum atomic E-state index is 6.12. The third-order valence-electron chi connectivity index (χ3n) is 4.21. The van der Waals surface area contributed by atoms with Gasteiger partial charge in [0.25, 0.3) is 0 Å². The molecule has 0 aromatic carbocycles. The van der Waals surface area contributed by atoms with E-state index >= 15 is 0 Å². The highest BCUT2D eigenvalue weighted by atomic mass is 16.7. The molecule has 0 N–H and O–H groups in total. The monoisotopic (exact) mass is 252 g/mol. The van der Waals surface area contributed by atoms with E-state index in [4.69, 9.17) is 9.47 Å². The van der Waals surface area contributed by atoms with Gasteiger partial charge in [-0.2, -0.15) is 0 Å². The van der Waals surface area contributed by atoms with Gasteiger partial charge in [0, 0.05) is 13.0 Å². The lowest BCUT2D eigenvalue weighted by Crippen LogP contribution is -2.22. The number of hydrogen-bond acceptors (Lipinski definition) is 2. The first-order chi connectivity index (χ1) is 8.74. The normalized spacial score (nSPS) is 26.6. The van der Waals surface area contributed by atoms with Crippen molar-refractivity contribution < 1.29 is 9.47 Å². The minimum Gasteiger partial charge on any atom is -0.353 e. The van der Waals surface area contributed by atoms with E-state index in [2.05, 4.69) is 19.9 Å². The van der Waals surface area contributed by atoms with Crippen LogP contribution in [0.4, 0.5) is 0 Å². The van der Waals surface area contributed by atoms with Gasteiger partial charge in [-0.15, -0.1) is 0 Å². The lowest BCUT2D eigenvalue weighted by Gasteiger charge is -2.20. The molecule has 0 amide bonds. The summed E-state index contributed by atoms with van der Waals surface area (Å²) >= 11 is 0. The van der Waals surface area contributed by atoms with Crippen molar-refractivity contribution in [1.82, 2.24) is 0 Å². The van der Waals surface area contributed by atoms with Crippen molar-refractivity contribution in [3.8, 4) is 0 Å². The second-order valence-corrected chi connectivity index (χ2v) is 5.89. The van der Waals surface area contributed by atoms with Crippen molar-refractivity contribution in [2.75, 3.05) is 6.61 Å². The maximum absolute atomic E-state index is 6.12. The van der Waals surface area contributed by atoms with Crippen LogP contribution in [0, 0.1) is 0 Å². The predicted molar refractivity (Wildman–Crippen MR) is 74.5 cm³/mol. The molecule has 1 saturated heterocycles. The Hall–Kier alpha value is -0.340. The van der Waals surface area contributed by atoms with E-state index in [-0.39, 0.29) is 11.9 Å². The lowest BCUT2D eigenvalue weighted by atomic mass is 10.1. The van der Waals surface area contributed by atoms with Gasteiger partial charge >= 0.3 is 0 Å². The number of rotatable bonds is 8. The zero-order valence-corrected chi connectivity index (χ0v) is 12.0. The largest absolute Gasteiger partial charge is 0.353 e. The number of allylic oxidation sites excluding steroid dienone is 2. The zero-order chi connectivity index (χ0) is 12.8. The summed E-state index contributed by atoms with van der Waals surface area (Å²) < 4.78 is 11.7. The van der Waals surface area contributed by atoms with Crippen molar-refractivity contribution >= 4 is 0 Å². The summed E-state index contributed by atoms with van der Waals surface area (Å²) in [5, 5.41) is 0. The second kappa shape index (κ2) is 6.72. The van der Waals surface area contributed by atoms with Crippen molar-refractivity contribution in [3.63, 3.8) is 0 Å². The van der Waals surface area contributed by atoms with Crippen LogP contribution in [0.25, 0.3) is 0 Å². The molecule has 0 spiro atoms. The Bertz CT molecular complexity index is 273. The van der Waals surface area contributed by atoms with Crippen molar-refractivity contribution in [2.45, 2.75) is 83.5 Å². The summed E-state index contributed by atoms with van der Waals surface area (Å²) in [5.41, 5.74) is 1.73. The summed E-state index contributed by atoms with van der Waals surface area (Å²) in [7, 11) is 0. The molecular weight excluding hydrogens is 224 g/mol. The minimum absolute atomic E-state index is 0.106. The fraction of sp³-hybridized carbons (Fsp3) is 0.875. The number of ether oxygens (including phenoxy) is 2. The second-order valence-electron chi connectivity index (χ2n) is 5.89. The fourth-order valence-electron chi connectivity index (χ4n) is 2.57. The molecule has 0 aromatic rings. The number of hydrogen-bond donors (Lipinski definition) is 0. The topological polar surface area (TPSA) is 18.5 Å². The summed E-state index contributed by atoms with van der Waals surface area (Å²) in [5.74, 6) is 0. The highest BCUT2D eigenvalue weighted by Gasteiger charge is 2.45. The first-order valence-corrected chi connectivity index (χ1v) is 7.69. The fourth-order valence-corrected chi connectivity index (χ4v) is 2.57.